The molecule has 1 N–H and O–H groups in total. The third kappa shape index (κ3) is 2.92. The molecule has 2 aromatic rings. The number of rotatable bonds is 2. The molecule has 1 aromatic carbocycles. The highest BCUT2D eigenvalue weighted by Crippen LogP contribution is 2.29. The summed E-state index contributed by atoms with van der Waals surface area (Å²) < 4.78 is 16.8. The van der Waals surface area contributed by atoms with Gasteiger partial charge in [0, 0.05) is 12.6 Å². The molecule has 0 radical (unpaired) electrons. The monoisotopic (exact) mass is 344 g/mol. The van der Waals surface area contributed by atoms with Crippen molar-refractivity contribution in [2.45, 2.75) is 34.2 Å². The Hall–Kier alpha value is -0.680. The van der Waals surface area contributed by atoms with Crippen LogP contribution in [0.2, 0.25) is 0 Å². The Morgan fingerprint density at radius 3 is 2.63 bits per heavy atom. The number of nitrogens with zero attached hydrogens (tertiary/aromatic N) is 1. The van der Waals surface area contributed by atoms with Crippen molar-refractivity contribution < 1.29 is 4.39 Å². The number of nitrogens with one attached hydrogen (secondary N) is 1. The summed E-state index contributed by atoms with van der Waals surface area (Å²) in [4.78, 5) is 3.13. The van der Waals surface area contributed by atoms with Crippen molar-refractivity contribution in [3.05, 3.63) is 27.2 Å². The van der Waals surface area contributed by atoms with Crippen molar-refractivity contribution in [2.24, 2.45) is 11.3 Å². The van der Waals surface area contributed by atoms with Crippen LogP contribution in [0.15, 0.2) is 16.6 Å². The molecule has 0 spiro atoms. The Morgan fingerprint density at radius 2 is 2.05 bits per heavy atom. The SMILES string of the molecule is CC(Cn1c(=S)[nH]c2cc(Br)c(F)cc21)C(C)(C)C. The van der Waals surface area contributed by atoms with E-state index in [1.54, 1.807) is 6.07 Å². The highest BCUT2D eigenvalue weighted by Gasteiger charge is 2.21. The number of aromatic nitrogens is 2. The molecule has 1 aromatic heterocycles. The van der Waals surface area contributed by atoms with Crippen LogP contribution in [-0.4, -0.2) is 9.55 Å². The van der Waals surface area contributed by atoms with Gasteiger partial charge in [-0.25, -0.2) is 4.39 Å². The molecule has 0 bridgehead atoms. The van der Waals surface area contributed by atoms with Gasteiger partial charge in [-0.3, -0.25) is 0 Å². The molecule has 0 aliphatic rings. The van der Waals surface area contributed by atoms with E-state index < -0.39 is 0 Å². The Bertz CT molecular complexity index is 666. The van der Waals surface area contributed by atoms with Crippen LogP contribution in [-0.2, 0) is 6.54 Å². The van der Waals surface area contributed by atoms with Gasteiger partial charge in [-0.2, -0.15) is 0 Å². The van der Waals surface area contributed by atoms with Gasteiger partial charge >= 0.3 is 0 Å². The maximum Gasteiger partial charge on any atom is 0.178 e. The standard InChI is InChI=1S/C14H18BrFN2S/c1-8(14(2,3)4)7-18-12-6-10(16)9(15)5-11(12)17-13(18)19/h5-6,8H,7H2,1-4H3,(H,17,19). The molecule has 0 amide bonds. The minimum atomic E-state index is -0.265. The average molecular weight is 345 g/mol. The number of fused-ring (bicyclic) bond motifs is 1. The number of benzene rings is 1. The number of aromatic amines is 1. The van der Waals surface area contributed by atoms with Crippen LogP contribution in [0.3, 0.4) is 0 Å². The quantitative estimate of drug-likeness (QED) is 0.734. The van der Waals surface area contributed by atoms with Crippen molar-refractivity contribution >= 4 is 39.2 Å². The molecule has 0 saturated carbocycles. The molecule has 0 aliphatic carbocycles. The molecular weight excluding hydrogens is 327 g/mol. The fourth-order valence-electron chi connectivity index (χ4n) is 1.88. The van der Waals surface area contributed by atoms with Crippen molar-refractivity contribution in [3.63, 3.8) is 0 Å². The normalized spacial score (nSPS) is 14.0. The lowest BCUT2D eigenvalue weighted by Gasteiger charge is -2.27. The zero-order valence-electron chi connectivity index (χ0n) is 11.6. The topological polar surface area (TPSA) is 20.7 Å². The first-order valence-corrected chi connectivity index (χ1v) is 7.48. The predicted molar refractivity (Wildman–Crippen MR) is 83.4 cm³/mol. The van der Waals surface area contributed by atoms with E-state index in [4.69, 9.17) is 12.2 Å². The summed E-state index contributed by atoms with van der Waals surface area (Å²) in [6.07, 6.45) is 0. The van der Waals surface area contributed by atoms with Gasteiger partial charge in [0.1, 0.15) is 5.82 Å². The first-order chi connectivity index (χ1) is 8.70. The van der Waals surface area contributed by atoms with E-state index in [9.17, 15) is 4.39 Å². The lowest BCUT2D eigenvalue weighted by Crippen LogP contribution is -2.22. The lowest BCUT2D eigenvalue weighted by atomic mass is 9.82. The van der Waals surface area contributed by atoms with Gasteiger partial charge in [-0.05, 0) is 45.5 Å². The molecule has 104 valence electrons. The average Bonchev–Trinajstić information content (AvgIpc) is 2.55. The van der Waals surface area contributed by atoms with E-state index in [-0.39, 0.29) is 11.2 Å². The summed E-state index contributed by atoms with van der Waals surface area (Å²) in [6, 6.07) is 3.26. The second-order valence-electron chi connectivity index (χ2n) is 6.09. The van der Waals surface area contributed by atoms with Gasteiger partial charge in [-0.15, -0.1) is 0 Å². The number of halogens is 2. The van der Waals surface area contributed by atoms with Crippen LogP contribution in [0, 0.1) is 21.9 Å². The van der Waals surface area contributed by atoms with E-state index in [1.807, 2.05) is 4.57 Å². The van der Waals surface area contributed by atoms with E-state index in [0.29, 0.717) is 15.2 Å². The third-order valence-corrected chi connectivity index (χ3v) is 4.68. The highest BCUT2D eigenvalue weighted by molar-refractivity contribution is 9.10. The molecule has 19 heavy (non-hydrogen) atoms. The van der Waals surface area contributed by atoms with Crippen LogP contribution >= 0.6 is 28.1 Å². The second-order valence-corrected chi connectivity index (χ2v) is 7.33. The molecule has 0 saturated heterocycles. The summed E-state index contributed by atoms with van der Waals surface area (Å²) in [5.41, 5.74) is 1.87. The Balaban J connectivity index is 2.52. The van der Waals surface area contributed by atoms with E-state index in [1.165, 1.54) is 6.07 Å². The Morgan fingerprint density at radius 1 is 1.42 bits per heavy atom. The van der Waals surface area contributed by atoms with Crippen molar-refractivity contribution in [1.29, 1.82) is 0 Å². The van der Waals surface area contributed by atoms with Gasteiger partial charge in [-0.1, -0.05) is 27.7 Å². The van der Waals surface area contributed by atoms with Crippen molar-refractivity contribution in [2.75, 3.05) is 0 Å². The summed E-state index contributed by atoms with van der Waals surface area (Å²) in [7, 11) is 0. The number of H-pyrrole nitrogens is 1. The van der Waals surface area contributed by atoms with Gasteiger partial charge in [0.25, 0.3) is 0 Å². The van der Waals surface area contributed by atoms with Gasteiger partial charge in [0.2, 0.25) is 0 Å². The van der Waals surface area contributed by atoms with Crippen LogP contribution in [0.4, 0.5) is 4.39 Å². The zero-order valence-corrected chi connectivity index (χ0v) is 14.0. The zero-order chi connectivity index (χ0) is 14.4. The molecule has 0 aliphatic heterocycles. The van der Waals surface area contributed by atoms with Crippen LogP contribution < -0.4 is 0 Å². The molecular formula is C14H18BrFN2S. The summed E-state index contributed by atoms with van der Waals surface area (Å²) in [5.74, 6) is 0.170. The smallest absolute Gasteiger partial charge is 0.178 e. The molecule has 1 unspecified atom stereocenters. The summed E-state index contributed by atoms with van der Waals surface area (Å²) >= 11 is 8.54. The van der Waals surface area contributed by atoms with Gasteiger partial charge < -0.3 is 9.55 Å². The first-order valence-electron chi connectivity index (χ1n) is 6.27. The largest absolute Gasteiger partial charge is 0.331 e. The highest BCUT2D eigenvalue weighted by atomic mass is 79.9. The van der Waals surface area contributed by atoms with Crippen LogP contribution in [0.5, 0.6) is 0 Å². The number of hydrogen-bond acceptors (Lipinski definition) is 1. The molecule has 0 fully saturated rings. The van der Waals surface area contributed by atoms with Gasteiger partial charge in [0.15, 0.2) is 4.77 Å². The summed E-state index contributed by atoms with van der Waals surface area (Å²) in [6.45, 7) is 9.58. The Kier molecular flexibility index (Phi) is 3.89. The predicted octanol–water partition coefficient (Wildman–Crippen LogP) is 5.28. The molecule has 5 heteroatoms. The van der Waals surface area contributed by atoms with Crippen molar-refractivity contribution in [3.8, 4) is 0 Å². The van der Waals surface area contributed by atoms with Crippen LogP contribution in [0.25, 0.3) is 11.0 Å². The molecule has 1 atom stereocenters. The third-order valence-electron chi connectivity index (χ3n) is 3.75. The molecule has 2 rings (SSSR count). The number of hydrogen-bond donors (Lipinski definition) is 1. The first kappa shape index (κ1) is 14.7. The minimum absolute atomic E-state index is 0.187. The molecule has 2 nitrogen and oxygen atoms in total. The van der Waals surface area contributed by atoms with Crippen LogP contribution in [0.1, 0.15) is 27.7 Å². The number of imidazole rings is 1. The van der Waals surface area contributed by atoms with Crippen molar-refractivity contribution in [1.82, 2.24) is 9.55 Å². The van der Waals surface area contributed by atoms with E-state index in [2.05, 4.69) is 48.6 Å². The van der Waals surface area contributed by atoms with E-state index >= 15 is 0 Å². The maximum atomic E-state index is 13.7. The van der Waals surface area contributed by atoms with E-state index in [0.717, 1.165) is 17.6 Å². The fourth-order valence-corrected chi connectivity index (χ4v) is 2.51. The Labute approximate surface area is 126 Å². The minimum Gasteiger partial charge on any atom is -0.331 e. The fraction of sp³-hybridized carbons (Fsp3) is 0.500. The lowest BCUT2D eigenvalue weighted by molar-refractivity contribution is 0.234. The second kappa shape index (κ2) is 5.02. The summed E-state index contributed by atoms with van der Waals surface area (Å²) in [5, 5.41) is 0. The van der Waals surface area contributed by atoms with Gasteiger partial charge in [0.05, 0.1) is 15.5 Å². The molecule has 1 heterocycles. The maximum absolute atomic E-state index is 13.7.